The highest BCUT2D eigenvalue weighted by Gasteiger charge is 2.09. The van der Waals surface area contributed by atoms with Crippen molar-refractivity contribution in [2.24, 2.45) is 11.7 Å². The van der Waals surface area contributed by atoms with E-state index in [0.717, 1.165) is 12.8 Å². The van der Waals surface area contributed by atoms with Crippen LogP contribution in [0.3, 0.4) is 0 Å². The molecule has 0 aliphatic carbocycles. The molecule has 0 saturated heterocycles. The van der Waals surface area contributed by atoms with Gasteiger partial charge in [0.25, 0.3) is 0 Å². The molecule has 2 N–H and O–H groups in total. The van der Waals surface area contributed by atoms with Crippen LogP contribution >= 0.6 is 12.2 Å². The third kappa shape index (κ3) is 4.30. The van der Waals surface area contributed by atoms with Gasteiger partial charge in [0.1, 0.15) is 16.6 Å². The van der Waals surface area contributed by atoms with Crippen molar-refractivity contribution in [3.63, 3.8) is 0 Å². The maximum absolute atomic E-state index is 13.1. The molecule has 0 radical (unpaired) electrons. The number of benzene rings is 1. The highest BCUT2D eigenvalue weighted by molar-refractivity contribution is 7.80. The van der Waals surface area contributed by atoms with E-state index in [1.54, 1.807) is 6.07 Å². The van der Waals surface area contributed by atoms with Gasteiger partial charge in [-0.2, -0.15) is 0 Å². The molecule has 1 atom stereocenters. The Kier molecular flexibility index (Phi) is 5.35. The summed E-state index contributed by atoms with van der Waals surface area (Å²) in [5, 5.41) is 0. The Labute approximate surface area is 107 Å². The number of thiocarbonyl (C=S) groups is 1. The van der Waals surface area contributed by atoms with Crippen LogP contribution in [0.15, 0.2) is 18.2 Å². The van der Waals surface area contributed by atoms with Gasteiger partial charge in [0, 0.05) is 0 Å². The minimum Gasteiger partial charge on any atom is -0.493 e. The zero-order chi connectivity index (χ0) is 12.8. The van der Waals surface area contributed by atoms with Crippen LogP contribution in [0.5, 0.6) is 5.75 Å². The zero-order valence-corrected chi connectivity index (χ0v) is 11.0. The summed E-state index contributed by atoms with van der Waals surface area (Å²) < 4.78 is 18.7. The number of ether oxygens (including phenoxy) is 1. The van der Waals surface area contributed by atoms with Crippen LogP contribution in [0, 0.1) is 11.7 Å². The quantitative estimate of drug-likeness (QED) is 0.792. The molecule has 0 saturated carbocycles. The molecule has 0 aliphatic rings. The number of rotatable bonds is 6. The molecule has 0 heterocycles. The van der Waals surface area contributed by atoms with Gasteiger partial charge in [-0.1, -0.05) is 32.5 Å². The molecule has 94 valence electrons. The summed E-state index contributed by atoms with van der Waals surface area (Å²) in [6, 6.07) is 4.23. The molecule has 4 heteroatoms. The van der Waals surface area contributed by atoms with E-state index in [2.05, 4.69) is 13.8 Å². The highest BCUT2D eigenvalue weighted by Crippen LogP contribution is 2.21. The number of hydrogen-bond donors (Lipinski definition) is 1. The van der Waals surface area contributed by atoms with Crippen molar-refractivity contribution >= 4 is 17.2 Å². The highest BCUT2D eigenvalue weighted by atomic mass is 32.1. The zero-order valence-electron chi connectivity index (χ0n) is 10.2. The van der Waals surface area contributed by atoms with Crippen molar-refractivity contribution in [3.05, 3.63) is 29.6 Å². The molecule has 2 nitrogen and oxygen atoms in total. The van der Waals surface area contributed by atoms with Crippen molar-refractivity contribution < 1.29 is 9.13 Å². The molecule has 17 heavy (non-hydrogen) atoms. The average molecular weight is 255 g/mol. The molecular weight excluding hydrogens is 237 g/mol. The maximum atomic E-state index is 13.1. The first-order valence-corrected chi connectivity index (χ1v) is 6.17. The van der Waals surface area contributed by atoms with E-state index >= 15 is 0 Å². The minimum atomic E-state index is -0.359. The van der Waals surface area contributed by atoms with E-state index in [4.69, 9.17) is 22.7 Å². The SMILES string of the molecule is CCCC(C)COc1ccc(F)cc1C(N)=S. The van der Waals surface area contributed by atoms with Gasteiger partial charge in [0.05, 0.1) is 12.2 Å². The Morgan fingerprint density at radius 2 is 2.24 bits per heavy atom. The van der Waals surface area contributed by atoms with Crippen LogP contribution in [0.1, 0.15) is 32.3 Å². The Balaban J connectivity index is 2.73. The maximum Gasteiger partial charge on any atom is 0.129 e. The summed E-state index contributed by atoms with van der Waals surface area (Å²) >= 11 is 4.87. The molecule has 0 aromatic heterocycles. The molecule has 1 rings (SSSR count). The van der Waals surface area contributed by atoms with Gasteiger partial charge >= 0.3 is 0 Å². The molecule has 0 aliphatic heterocycles. The van der Waals surface area contributed by atoms with E-state index in [0.29, 0.717) is 23.8 Å². The number of nitrogens with two attached hydrogens (primary N) is 1. The predicted molar refractivity (Wildman–Crippen MR) is 71.9 cm³/mol. The normalized spacial score (nSPS) is 12.2. The molecule has 0 spiro atoms. The second-order valence-electron chi connectivity index (χ2n) is 4.21. The van der Waals surface area contributed by atoms with Gasteiger partial charge in [-0.25, -0.2) is 4.39 Å². The lowest BCUT2D eigenvalue weighted by atomic mass is 10.1. The molecule has 0 fully saturated rings. The second-order valence-corrected chi connectivity index (χ2v) is 4.65. The first kappa shape index (κ1) is 13.9. The fourth-order valence-corrected chi connectivity index (χ4v) is 1.79. The summed E-state index contributed by atoms with van der Waals surface area (Å²) in [5.74, 6) is 0.660. The van der Waals surface area contributed by atoms with Gasteiger partial charge in [0.2, 0.25) is 0 Å². The third-order valence-corrected chi connectivity index (χ3v) is 2.73. The van der Waals surface area contributed by atoms with Crippen LogP contribution in [-0.2, 0) is 0 Å². The van der Waals surface area contributed by atoms with Crippen molar-refractivity contribution in [3.8, 4) is 5.75 Å². The van der Waals surface area contributed by atoms with Crippen molar-refractivity contribution in [2.75, 3.05) is 6.61 Å². The summed E-state index contributed by atoms with van der Waals surface area (Å²) in [6.45, 7) is 4.84. The number of hydrogen-bond acceptors (Lipinski definition) is 2. The van der Waals surface area contributed by atoms with E-state index in [-0.39, 0.29) is 10.8 Å². The van der Waals surface area contributed by atoms with Gasteiger partial charge in [-0.3, -0.25) is 0 Å². The van der Waals surface area contributed by atoms with E-state index in [1.165, 1.54) is 12.1 Å². The minimum absolute atomic E-state index is 0.155. The lowest BCUT2D eigenvalue weighted by Crippen LogP contribution is -2.14. The summed E-state index contributed by atoms with van der Waals surface area (Å²) in [4.78, 5) is 0.155. The summed E-state index contributed by atoms with van der Waals surface area (Å²) in [7, 11) is 0. The first-order chi connectivity index (χ1) is 8.04. The van der Waals surface area contributed by atoms with Gasteiger partial charge in [0.15, 0.2) is 0 Å². The Hall–Kier alpha value is -1.16. The molecule has 0 bridgehead atoms. The molecule has 1 unspecified atom stereocenters. The number of halogens is 1. The Morgan fingerprint density at radius 1 is 1.53 bits per heavy atom. The summed E-state index contributed by atoms with van der Waals surface area (Å²) in [6.07, 6.45) is 2.22. The van der Waals surface area contributed by atoms with Crippen molar-refractivity contribution in [1.29, 1.82) is 0 Å². The molecule has 1 aromatic rings. The third-order valence-electron chi connectivity index (χ3n) is 2.51. The smallest absolute Gasteiger partial charge is 0.129 e. The first-order valence-electron chi connectivity index (χ1n) is 5.76. The summed E-state index contributed by atoms with van der Waals surface area (Å²) in [5.41, 5.74) is 6.00. The van der Waals surface area contributed by atoms with E-state index < -0.39 is 0 Å². The second kappa shape index (κ2) is 6.55. The Morgan fingerprint density at radius 3 is 2.82 bits per heavy atom. The fraction of sp³-hybridized carbons (Fsp3) is 0.462. The molecule has 0 amide bonds. The van der Waals surface area contributed by atoms with Crippen molar-refractivity contribution in [2.45, 2.75) is 26.7 Å². The monoisotopic (exact) mass is 255 g/mol. The molecular formula is C13H18FNOS. The lowest BCUT2D eigenvalue weighted by Gasteiger charge is -2.14. The lowest BCUT2D eigenvalue weighted by molar-refractivity contribution is 0.251. The van der Waals surface area contributed by atoms with E-state index in [9.17, 15) is 4.39 Å². The van der Waals surface area contributed by atoms with Gasteiger partial charge < -0.3 is 10.5 Å². The van der Waals surface area contributed by atoms with Crippen molar-refractivity contribution in [1.82, 2.24) is 0 Å². The van der Waals surface area contributed by atoms with Gasteiger partial charge in [-0.15, -0.1) is 0 Å². The predicted octanol–water partition coefficient (Wildman–Crippen LogP) is 3.27. The van der Waals surface area contributed by atoms with Crippen LogP contribution in [0.4, 0.5) is 4.39 Å². The van der Waals surface area contributed by atoms with E-state index in [1.807, 2.05) is 0 Å². The standard InChI is InChI=1S/C13H18FNOS/c1-3-4-9(2)8-16-12-6-5-10(14)7-11(12)13(15)17/h5-7,9H,3-4,8H2,1-2H3,(H2,15,17). The topological polar surface area (TPSA) is 35.2 Å². The fourth-order valence-electron chi connectivity index (χ4n) is 1.63. The Bertz CT molecular complexity index is 395. The average Bonchev–Trinajstić information content (AvgIpc) is 2.27. The van der Waals surface area contributed by atoms with Crippen LogP contribution in [0.2, 0.25) is 0 Å². The van der Waals surface area contributed by atoms with Gasteiger partial charge in [-0.05, 0) is 30.5 Å². The van der Waals surface area contributed by atoms with Crippen LogP contribution in [0.25, 0.3) is 0 Å². The van der Waals surface area contributed by atoms with Crippen LogP contribution in [-0.4, -0.2) is 11.6 Å². The largest absolute Gasteiger partial charge is 0.493 e. The van der Waals surface area contributed by atoms with Crippen LogP contribution < -0.4 is 10.5 Å². The molecule has 1 aromatic carbocycles.